The summed E-state index contributed by atoms with van der Waals surface area (Å²) in [6.07, 6.45) is 2.56. The number of hydrogen-bond acceptors (Lipinski definition) is 8. The standard InChI is InChI=1S/C17H24N6O2/c1-4-25-16(24)13-8-5-6-9-14(13)20-17-21-15(12-19-22-17)18-10-7-11-23(2)3/h5-6,8-9,12H,4,7,10-11H2,1-3H3,(H2,18,20,21,22). The van der Waals surface area contributed by atoms with Crippen LogP contribution in [0.15, 0.2) is 30.5 Å². The van der Waals surface area contributed by atoms with Crippen LogP contribution in [0, 0.1) is 0 Å². The van der Waals surface area contributed by atoms with Crippen LogP contribution < -0.4 is 10.6 Å². The van der Waals surface area contributed by atoms with E-state index >= 15 is 0 Å². The van der Waals surface area contributed by atoms with Crippen LogP contribution in [0.4, 0.5) is 17.5 Å². The molecule has 1 heterocycles. The van der Waals surface area contributed by atoms with Gasteiger partial charge in [-0.1, -0.05) is 12.1 Å². The first kappa shape index (κ1) is 18.6. The third-order valence-electron chi connectivity index (χ3n) is 3.32. The van der Waals surface area contributed by atoms with Gasteiger partial charge in [0.2, 0.25) is 5.95 Å². The fourth-order valence-electron chi connectivity index (χ4n) is 2.15. The van der Waals surface area contributed by atoms with E-state index in [0.29, 0.717) is 29.6 Å². The molecule has 0 saturated heterocycles. The lowest BCUT2D eigenvalue weighted by atomic mass is 10.2. The largest absolute Gasteiger partial charge is 0.462 e. The van der Waals surface area contributed by atoms with Gasteiger partial charge in [-0.15, -0.1) is 5.10 Å². The smallest absolute Gasteiger partial charge is 0.340 e. The SMILES string of the molecule is CCOC(=O)c1ccccc1Nc1nncc(NCCCN(C)C)n1. The molecule has 2 aromatic rings. The van der Waals surface area contributed by atoms with Crippen molar-refractivity contribution in [2.45, 2.75) is 13.3 Å². The van der Waals surface area contributed by atoms with Gasteiger partial charge in [0.1, 0.15) is 0 Å². The first-order valence-corrected chi connectivity index (χ1v) is 8.21. The van der Waals surface area contributed by atoms with Crippen molar-refractivity contribution in [1.29, 1.82) is 0 Å². The Kier molecular flexibility index (Phi) is 7.09. The van der Waals surface area contributed by atoms with Crippen LogP contribution in [-0.2, 0) is 4.74 Å². The van der Waals surface area contributed by atoms with Gasteiger partial charge in [0.25, 0.3) is 0 Å². The molecule has 0 bridgehead atoms. The summed E-state index contributed by atoms with van der Waals surface area (Å²) in [4.78, 5) is 18.5. The molecule has 2 N–H and O–H groups in total. The highest BCUT2D eigenvalue weighted by molar-refractivity contribution is 5.96. The van der Waals surface area contributed by atoms with Crippen molar-refractivity contribution in [3.8, 4) is 0 Å². The third kappa shape index (κ3) is 6.00. The normalized spacial score (nSPS) is 10.6. The van der Waals surface area contributed by atoms with E-state index in [1.165, 1.54) is 0 Å². The summed E-state index contributed by atoms with van der Waals surface area (Å²) >= 11 is 0. The van der Waals surface area contributed by atoms with Gasteiger partial charge in [-0.25, -0.2) is 4.79 Å². The molecule has 0 unspecified atom stereocenters. The minimum absolute atomic E-state index is 0.314. The van der Waals surface area contributed by atoms with Crippen molar-refractivity contribution >= 4 is 23.4 Å². The number of carbonyl (C=O) groups excluding carboxylic acids is 1. The van der Waals surface area contributed by atoms with Crippen LogP contribution in [0.5, 0.6) is 0 Å². The molecule has 0 amide bonds. The van der Waals surface area contributed by atoms with Gasteiger partial charge in [-0.05, 0) is 46.1 Å². The molecule has 1 aromatic heterocycles. The molecule has 0 aliphatic rings. The monoisotopic (exact) mass is 344 g/mol. The lowest BCUT2D eigenvalue weighted by Crippen LogP contribution is -2.17. The first-order chi connectivity index (χ1) is 12.1. The number of anilines is 3. The van der Waals surface area contributed by atoms with Gasteiger partial charge >= 0.3 is 5.97 Å². The van der Waals surface area contributed by atoms with Crippen molar-refractivity contribution in [2.24, 2.45) is 0 Å². The zero-order valence-electron chi connectivity index (χ0n) is 14.8. The second kappa shape index (κ2) is 9.53. The summed E-state index contributed by atoms with van der Waals surface area (Å²) < 4.78 is 5.06. The van der Waals surface area contributed by atoms with E-state index in [9.17, 15) is 4.79 Å². The number of esters is 1. The van der Waals surface area contributed by atoms with Gasteiger partial charge in [0.15, 0.2) is 5.82 Å². The highest BCUT2D eigenvalue weighted by Gasteiger charge is 2.13. The maximum atomic E-state index is 12.0. The molecule has 0 aliphatic heterocycles. The average molecular weight is 344 g/mol. The maximum Gasteiger partial charge on any atom is 0.340 e. The predicted octanol–water partition coefficient (Wildman–Crippen LogP) is 2.16. The molecule has 0 atom stereocenters. The second-order valence-corrected chi connectivity index (χ2v) is 5.64. The van der Waals surface area contributed by atoms with E-state index < -0.39 is 5.97 Å². The Morgan fingerprint density at radius 2 is 2.08 bits per heavy atom. The summed E-state index contributed by atoms with van der Waals surface area (Å²) in [7, 11) is 4.07. The number of hydrogen-bond donors (Lipinski definition) is 2. The van der Waals surface area contributed by atoms with Crippen molar-refractivity contribution in [1.82, 2.24) is 20.1 Å². The maximum absolute atomic E-state index is 12.0. The highest BCUT2D eigenvalue weighted by atomic mass is 16.5. The Balaban J connectivity index is 2.03. The lowest BCUT2D eigenvalue weighted by molar-refractivity contribution is 0.0527. The van der Waals surface area contributed by atoms with Crippen molar-refractivity contribution < 1.29 is 9.53 Å². The molecule has 0 aliphatic carbocycles. The van der Waals surface area contributed by atoms with E-state index in [-0.39, 0.29) is 0 Å². The predicted molar refractivity (Wildman–Crippen MR) is 97.2 cm³/mol. The molecule has 1 aromatic carbocycles. The van der Waals surface area contributed by atoms with Crippen LogP contribution in [0.3, 0.4) is 0 Å². The number of rotatable bonds is 9. The molecular weight excluding hydrogens is 320 g/mol. The Bertz CT molecular complexity index is 692. The summed E-state index contributed by atoms with van der Waals surface area (Å²) in [5, 5.41) is 14.1. The number of aromatic nitrogens is 3. The summed E-state index contributed by atoms with van der Waals surface area (Å²) in [5.41, 5.74) is 1.00. The quantitative estimate of drug-likeness (QED) is 0.528. The highest BCUT2D eigenvalue weighted by Crippen LogP contribution is 2.19. The molecule has 25 heavy (non-hydrogen) atoms. The van der Waals surface area contributed by atoms with Crippen LogP contribution in [0.1, 0.15) is 23.7 Å². The molecule has 2 rings (SSSR count). The molecule has 0 fully saturated rings. The minimum atomic E-state index is -0.392. The first-order valence-electron chi connectivity index (χ1n) is 8.21. The molecule has 8 heteroatoms. The Morgan fingerprint density at radius 3 is 2.84 bits per heavy atom. The number of nitrogens with zero attached hydrogens (tertiary/aromatic N) is 4. The zero-order valence-corrected chi connectivity index (χ0v) is 14.8. The summed E-state index contributed by atoms with van der Waals surface area (Å²) in [5.74, 6) is 0.552. The minimum Gasteiger partial charge on any atom is -0.462 e. The molecule has 0 spiro atoms. The lowest BCUT2D eigenvalue weighted by Gasteiger charge is -2.11. The van der Waals surface area contributed by atoms with Crippen molar-refractivity contribution in [3.63, 3.8) is 0 Å². The fourth-order valence-corrected chi connectivity index (χ4v) is 2.15. The summed E-state index contributed by atoms with van der Waals surface area (Å²) in [6, 6.07) is 7.06. The fraction of sp³-hybridized carbons (Fsp3) is 0.412. The third-order valence-corrected chi connectivity index (χ3v) is 3.32. The van der Waals surface area contributed by atoms with Crippen LogP contribution in [0.25, 0.3) is 0 Å². The van der Waals surface area contributed by atoms with Crippen molar-refractivity contribution in [3.05, 3.63) is 36.0 Å². The number of benzene rings is 1. The zero-order chi connectivity index (χ0) is 18.1. The van der Waals surface area contributed by atoms with Gasteiger partial charge in [0, 0.05) is 6.54 Å². The van der Waals surface area contributed by atoms with E-state index in [4.69, 9.17) is 4.74 Å². The van der Waals surface area contributed by atoms with Gasteiger partial charge < -0.3 is 20.3 Å². The molecule has 8 nitrogen and oxygen atoms in total. The van der Waals surface area contributed by atoms with Gasteiger partial charge in [-0.2, -0.15) is 10.1 Å². The molecular formula is C17H24N6O2. The van der Waals surface area contributed by atoms with Crippen LogP contribution in [-0.4, -0.2) is 59.8 Å². The number of para-hydroxylation sites is 1. The van der Waals surface area contributed by atoms with E-state index in [2.05, 4.69) is 30.7 Å². The van der Waals surface area contributed by atoms with Crippen LogP contribution >= 0.6 is 0 Å². The van der Waals surface area contributed by atoms with E-state index in [1.54, 1.807) is 31.3 Å². The average Bonchev–Trinajstić information content (AvgIpc) is 2.60. The van der Waals surface area contributed by atoms with E-state index in [0.717, 1.165) is 19.5 Å². The molecule has 0 saturated carbocycles. The van der Waals surface area contributed by atoms with Gasteiger partial charge in [-0.3, -0.25) is 0 Å². The topological polar surface area (TPSA) is 92.3 Å². The Labute approximate surface area is 147 Å². The molecule has 0 radical (unpaired) electrons. The Morgan fingerprint density at radius 1 is 1.28 bits per heavy atom. The van der Waals surface area contributed by atoms with E-state index in [1.807, 2.05) is 20.2 Å². The summed E-state index contributed by atoms with van der Waals surface area (Å²) in [6.45, 7) is 3.86. The van der Waals surface area contributed by atoms with Crippen molar-refractivity contribution in [2.75, 3.05) is 44.4 Å². The number of ether oxygens (including phenoxy) is 1. The van der Waals surface area contributed by atoms with Gasteiger partial charge in [0.05, 0.1) is 24.1 Å². The number of nitrogens with one attached hydrogen (secondary N) is 2. The Hall–Kier alpha value is -2.74. The molecule has 134 valence electrons. The number of carbonyl (C=O) groups is 1. The second-order valence-electron chi connectivity index (χ2n) is 5.64. The van der Waals surface area contributed by atoms with Crippen LogP contribution in [0.2, 0.25) is 0 Å².